The van der Waals surface area contributed by atoms with E-state index in [1.807, 2.05) is 49.9 Å². The van der Waals surface area contributed by atoms with Crippen molar-refractivity contribution in [2.45, 2.75) is 90.6 Å². The largest absolute Gasteiger partial charge is 0.494 e. The van der Waals surface area contributed by atoms with Gasteiger partial charge in [-0.05, 0) is 84.8 Å². The van der Waals surface area contributed by atoms with Crippen LogP contribution in [0.15, 0.2) is 24.3 Å². The summed E-state index contributed by atoms with van der Waals surface area (Å²) in [6.07, 6.45) is 3.79. The number of carbonyl (C=O) groups excluding carboxylic acids is 1. The molecule has 1 aromatic carbocycles. The highest BCUT2D eigenvalue weighted by atomic mass is 16.6. The Morgan fingerprint density at radius 3 is 2.57 bits per heavy atom. The lowest BCUT2D eigenvalue weighted by atomic mass is 9.75. The molecule has 0 bridgehead atoms. The minimum absolute atomic E-state index is 0.0277. The van der Waals surface area contributed by atoms with Crippen LogP contribution >= 0.6 is 0 Å². The first kappa shape index (κ1) is 22.9. The van der Waals surface area contributed by atoms with E-state index in [0.717, 1.165) is 36.9 Å². The summed E-state index contributed by atoms with van der Waals surface area (Å²) in [6, 6.07) is 7.88. The molecule has 7 heteroatoms. The standard InChI is InChI=1S/C23H36BNO5/c1-17-15-23(5,6)30-24(29-17)18-10-12-20(13-11-18)27-16-19-9-7-8-14-25(19)21(26)28-22(2,3)4/h10-13,17,19H,7-9,14-16H2,1-6H3/t17-,19-/m0/s1. The molecule has 2 atom stereocenters. The van der Waals surface area contributed by atoms with Crippen LogP contribution in [0.4, 0.5) is 4.79 Å². The average molecular weight is 417 g/mol. The van der Waals surface area contributed by atoms with Crippen LogP contribution in [0, 0.1) is 0 Å². The highest BCUT2D eigenvalue weighted by molar-refractivity contribution is 6.61. The quantitative estimate of drug-likeness (QED) is 0.689. The number of ether oxygens (including phenoxy) is 2. The summed E-state index contributed by atoms with van der Waals surface area (Å²) in [5.41, 5.74) is 0.282. The number of piperidine rings is 1. The Morgan fingerprint density at radius 1 is 1.23 bits per heavy atom. The monoisotopic (exact) mass is 417 g/mol. The van der Waals surface area contributed by atoms with Crippen LogP contribution in [0.1, 0.15) is 67.2 Å². The van der Waals surface area contributed by atoms with Gasteiger partial charge in [0.25, 0.3) is 0 Å². The Bertz CT molecular complexity index is 715. The Morgan fingerprint density at radius 2 is 1.93 bits per heavy atom. The van der Waals surface area contributed by atoms with E-state index in [9.17, 15) is 4.79 Å². The predicted octanol–water partition coefficient (Wildman–Crippen LogP) is 4.15. The molecule has 0 N–H and O–H groups in total. The minimum Gasteiger partial charge on any atom is -0.491 e. The third-order valence-electron chi connectivity index (χ3n) is 5.41. The summed E-state index contributed by atoms with van der Waals surface area (Å²) in [5, 5.41) is 0. The maximum absolute atomic E-state index is 12.6. The third-order valence-corrected chi connectivity index (χ3v) is 5.41. The van der Waals surface area contributed by atoms with Gasteiger partial charge in [-0.15, -0.1) is 0 Å². The number of likely N-dealkylation sites (tertiary alicyclic amines) is 1. The molecule has 1 aromatic rings. The number of nitrogens with zero attached hydrogens (tertiary/aromatic N) is 1. The second kappa shape index (κ2) is 9.19. The second-order valence-electron chi connectivity index (χ2n) is 10.1. The molecule has 166 valence electrons. The van der Waals surface area contributed by atoms with Gasteiger partial charge in [-0.25, -0.2) is 4.79 Å². The van der Waals surface area contributed by atoms with Gasteiger partial charge in [-0.2, -0.15) is 0 Å². The summed E-state index contributed by atoms with van der Waals surface area (Å²) >= 11 is 0. The van der Waals surface area contributed by atoms with E-state index in [2.05, 4.69) is 20.8 Å². The molecule has 0 saturated carbocycles. The van der Waals surface area contributed by atoms with Gasteiger partial charge in [0.05, 0.1) is 11.6 Å². The van der Waals surface area contributed by atoms with Crippen molar-refractivity contribution in [1.82, 2.24) is 4.90 Å². The molecule has 6 nitrogen and oxygen atoms in total. The van der Waals surface area contributed by atoms with Gasteiger partial charge >= 0.3 is 13.2 Å². The fourth-order valence-corrected chi connectivity index (χ4v) is 4.11. The van der Waals surface area contributed by atoms with E-state index in [1.54, 1.807) is 0 Å². The predicted molar refractivity (Wildman–Crippen MR) is 118 cm³/mol. The molecule has 2 fully saturated rings. The van der Waals surface area contributed by atoms with Crippen LogP contribution in [0.5, 0.6) is 5.75 Å². The van der Waals surface area contributed by atoms with Gasteiger partial charge in [0.1, 0.15) is 18.0 Å². The molecular weight excluding hydrogens is 381 g/mol. The van der Waals surface area contributed by atoms with Crippen molar-refractivity contribution >= 4 is 18.7 Å². The molecule has 2 aliphatic heterocycles. The Labute approximate surface area is 181 Å². The van der Waals surface area contributed by atoms with Gasteiger partial charge in [-0.1, -0.05) is 12.1 Å². The van der Waals surface area contributed by atoms with Crippen LogP contribution in [-0.4, -0.2) is 54.6 Å². The molecular formula is C23H36BNO5. The fourth-order valence-electron chi connectivity index (χ4n) is 4.11. The molecule has 0 radical (unpaired) electrons. The first-order valence-corrected chi connectivity index (χ1v) is 11.1. The molecule has 0 aliphatic carbocycles. The highest BCUT2D eigenvalue weighted by Gasteiger charge is 2.38. The molecule has 1 amide bonds. The lowest BCUT2D eigenvalue weighted by Crippen LogP contribution is -2.51. The first-order chi connectivity index (χ1) is 14.0. The van der Waals surface area contributed by atoms with Crippen molar-refractivity contribution in [3.05, 3.63) is 24.3 Å². The zero-order valence-electron chi connectivity index (χ0n) is 19.3. The summed E-state index contributed by atoms with van der Waals surface area (Å²) < 4.78 is 23.6. The molecule has 0 unspecified atom stereocenters. The average Bonchev–Trinajstić information content (AvgIpc) is 2.64. The van der Waals surface area contributed by atoms with Gasteiger partial charge in [-0.3, -0.25) is 0 Å². The van der Waals surface area contributed by atoms with Crippen molar-refractivity contribution in [2.24, 2.45) is 0 Å². The van der Waals surface area contributed by atoms with Crippen LogP contribution in [-0.2, 0) is 14.0 Å². The van der Waals surface area contributed by atoms with E-state index in [4.69, 9.17) is 18.8 Å². The van der Waals surface area contributed by atoms with Crippen LogP contribution in [0.3, 0.4) is 0 Å². The summed E-state index contributed by atoms with van der Waals surface area (Å²) in [5.74, 6) is 0.775. The van der Waals surface area contributed by atoms with E-state index in [-0.39, 0.29) is 31.0 Å². The molecule has 2 aliphatic rings. The molecule has 2 heterocycles. The topological polar surface area (TPSA) is 57.2 Å². The van der Waals surface area contributed by atoms with Crippen molar-refractivity contribution in [3.8, 4) is 5.75 Å². The summed E-state index contributed by atoms with van der Waals surface area (Å²) in [7, 11) is -0.362. The van der Waals surface area contributed by atoms with E-state index in [0.29, 0.717) is 13.2 Å². The van der Waals surface area contributed by atoms with Crippen molar-refractivity contribution < 1.29 is 23.6 Å². The number of benzene rings is 1. The number of rotatable bonds is 4. The van der Waals surface area contributed by atoms with Gasteiger partial charge in [0.2, 0.25) is 0 Å². The van der Waals surface area contributed by atoms with Crippen molar-refractivity contribution in [2.75, 3.05) is 13.2 Å². The lowest BCUT2D eigenvalue weighted by molar-refractivity contribution is -0.0230. The second-order valence-corrected chi connectivity index (χ2v) is 10.1. The van der Waals surface area contributed by atoms with Gasteiger partial charge in [0, 0.05) is 12.6 Å². The van der Waals surface area contributed by atoms with Crippen LogP contribution in [0.2, 0.25) is 0 Å². The molecule has 0 aromatic heterocycles. The maximum atomic E-state index is 12.6. The lowest BCUT2D eigenvalue weighted by Gasteiger charge is -2.38. The SMILES string of the molecule is C[C@H]1CC(C)(C)OB(c2ccc(OC[C@@H]3CCCCN3C(=O)OC(C)(C)C)cc2)O1. The van der Waals surface area contributed by atoms with E-state index < -0.39 is 5.60 Å². The molecule has 30 heavy (non-hydrogen) atoms. The Kier molecular flexibility index (Phi) is 7.03. The number of amides is 1. The molecule has 0 spiro atoms. The number of hydrogen-bond acceptors (Lipinski definition) is 5. The summed E-state index contributed by atoms with van der Waals surface area (Å²) in [6.45, 7) is 13.1. The summed E-state index contributed by atoms with van der Waals surface area (Å²) in [4.78, 5) is 14.4. The molecule has 2 saturated heterocycles. The normalized spacial score (nSPS) is 24.5. The van der Waals surface area contributed by atoms with Gasteiger partial charge in [0.15, 0.2) is 0 Å². The van der Waals surface area contributed by atoms with Crippen molar-refractivity contribution in [3.63, 3.8) is 0 Å². The van der Waals surface area contributed by atoms with E-state index in [1.165, 1.54) is 0 Å². The van der Waals surface area contributed by atoms with Crippen LogP contribution < -0.4 is 10.2 Å². The first-order valence-electron chi connectivity index (χ1n) is 11.1. The third kappa shape index (κ3) is 6.38. The van der Waals surface area contributed by atoms with E-state index >= 15 is 0 Å². The smallest absolute Gasteiger partial charge is 0.491 e. The fraction of sp³-hybridized carbons (Fsp3) is 0.696. The Hall–Kier alpha value is -1.73. The highest BCUT2D eigenvalue weighted by Crippen LogP contribution is 2.26. The van der Waals surface area contributed by atoms with Gasteiger partial charge < -0.3 is 23.7 Å². The zero-order chi connectivity index (χ0) is 21.9. The zero-order valence-corrected chi connectivity index (χ0v) is 19.3. The molecule has 3 rings (SSSR count). The maximum Gasteiger partial charge on any atom is 0.494 e. The number of carbonyl (C=O) groups is 1. The van der Waals surface area contributed by atoms with Crippen molar-refractivity contribution in [1.29, 1.82) is 0 Å². The Balaban J connectivity index is 1.58. The van der Waals surface area contributed by atoms with Crippen LogP contribution in [0.25, 0.3) is 0 Å². The number of hydrogen-bond donors (Lipinski definition) is 0. The minimum atomic E-state index is -0.495.